The molecule has 1 unspecified atom stereocenters. The van der Waals surface area contributed by atoms with Crippen LogP contribution in [0.25, 0.3) is 0 Å². The Morgan fingerprint density at radius 2 is 1.72 bits per heavy atom. The van der Waals surface area contributed by atoms with Crippen molar-refractivity contribution < 1.29 is 4.79 Å². The molecule has 0 aromatic heterocycles. The van der Waals surface area contributed by atoms with E-state index in [4.69, 9.17) is 12.2 Å². The Hall–Kier alpha value is -1.01. The summed E-state index contributed by atoms with van der Waals surface area (Å²) < 4.78 is 0. The van der Waals surface area contributed by atoms with Gasteiger partial charge in [0.05, 0.1) is 6.04 Å². The summed E-state index contributed by atoms with van der Waals surface area (Å²) in [5.41, 5.74) is 5.58. The summed E-state index contributed by atoms with van der Waals surface area (Å²) in [7, 11) is 0. The highest BCUT2D eigenvalue weighted by molar-refractivity contribution is 5.81. The number of nitrogens with one attached hydrogen (secondary N) is 1. The van der Waals surface area contributed by atoms with Crippen molar-refractivity contribution in [2.24, 2.45) is 5.73 Å². The number of unbranched alkanes of at least 4 members (excludes halogenated alkanes) is 7. The van der Waals surface area contributed by atoms with Gasteiger partial charge in [0.15, 0.2) is 0 Å². The molecule has 0 spiro atoms. The minimum Gasteiger partial charge on any atom is -0.355 e. The number of carbonyl (C=O) groups excluding carboxylic acids is 1. The van der Waals surface area contributed by atoms with Crippen LogP contribution in [-0.4, -0.2) is 18.5 Å². The van der Waals surface area contributed by atoms with E-state index < -0.39 is 6.04 Å². The highest BCUT2D eigenvalue weighted by Gasteiger charge is 2.10. The summed E-state index contributed by atoms with van der Waals surface area (Å²) >= 11 is 0. The molecule has 0 radical (unpaired) electrons. The molecule has 0 aromatic rings. The summed E-state index contributed by atoms with van der Waals surface area (Å²) in [6, 6.07) is -0.552. The van der Waals surface area contributed by atoms with Gasteiger partial charge in [-0.2, -0.15) is 0 Å². The lowest BCUT2D eigenvalue weighted by molar-refractivity contribution is -0.122. The molecule has 0 bridgehead atoms. The molecule has 104 valence electrons. The summed E-state index contributed by atoms with van der Waals surface area (Å²) in [6.07, 6.45) is 15.5. The van der Waals surface area contributed by atoms with Gasteiger partial charge in [-0.3, -0.25) is 4.79 Å². The molecule has 0 aromatic carbocycles. The van der Waals surface area contributed by atoms with Crippen molar-refractivity contribution in [3.63, 3.8) is 0 Å². The van der Waals surface area contributed by atoms with E-state index in [2.05, 4.69) is 18.2 Å². The third-order valence-corrected chi connectivity index (χ3v) is 3.00. The molecule has 0 saturated heterocycles. The number of nitrogens with two attached hydrogens (primary N) is 1. The maximum absolute atomic E-state index is 11.4. The summed E-state index contributed by atoms with van der Waals surface area (Å²) in [5.74, 6) is 2.27. The normalized spacial score (nSPS) is 11.8. The molecule has 0 rings (SSSR count). The van der Waals surface area contributed by atoms with E-state index in [1.165, 1.54) is 44.9 Å². The van der Waals surface area contributed by atoms with Gasteiger partial charge in [0.2, 0.25) is 5.91 Å². The maximum Gasteiger partial charge on any atom is 0.237 e. The zero-order chi connectivity index (χ0) is 13.6. The van der Waals surface area contributed by atoms with Gasteiger partial charge in [0.25, 0.3) is 0 Å². The Bertz CT molecular complexity index is 245. The topological polar surface area (TPSA) is 55.1 Å². The molecular formula is C15H28N2O. The first-order valence-electron chi connectivity index (χ1n) is 7.19. The van der Waals surface area contributed by atoms with E-state index in [1.807, 2.05) is 0 Å². The van der Waals surface area contributed by atoms with E-state index >= 15 is 0 Å². The third-order valence-electron chi connectivity index (χ3n) is 3.00. The Kier molecular flexibility index (Phi) is 11.7. The molecule has 0 fully saturated rings. The van der Waals surface area contributed by atoms with Crippen LogP contribution < -0.4 is 11.1 Å². The Balaban J connectivity index is 3.25. The van der Waals surface area contributed by atoms with Crippen molar-refractivity contribution in [3.05, 3.63) is 0 Å². The molecule has 1 atom stereocenters. The molecule has 3 N–H and O–H groups in total. The lowest BCUT2D eigenvalue weighted by Gasteiger charge is -2.09. The van der Waals surface area contributed by atoms with Gasteiger partial charge in [0.1, 0.15) is 0 Å². The predicted octanol–water partition coefficient (Wildman–Crippen LogP) is 2.59. The first-order chi connectivity index (χ1) is 8.72. The van der Waals surface area contributed by atoms with Crippen LogP contribution in [0.4, 0.5) is 0 Å². The smallest absolute Gasteiger partial charge is 0.237 e. The fraction of sp³-hybridized carbons (Fsp3) is 0.800. The Morgan fingerprint density at radius 1 is 1.17 bits per heavy atom. The number of amides is 1. The summed E-state index contributed by atoms with van der Waals surface area (Å²) in [6.45, 7) is 2.94. The van der Waals surface area contributed by atoms with Crippen LogP contribution in [0.5, 0.6) is 0 Å². The lowest BCUT2D eigenvalue weighted by Crippen LogP contribution is -2.40. The molecule has 0 aliphatic rings. The van der Waals surface area contributed by atoms with E-state index in [1.54, 1.807) is 0 Å². The molecular weight excluding hydrogens is 224 g/mol. The van der Waals surface area contributed by atoms with E-state index in [0.29, 0.717) is 13.0 Å². The van der Waals surface area contributed by atoms with Crippen molar-refractivity contribution in [3.8, 4) is 12.3 Å². The van der Waals surface area contributed by atoms with Crippen molar-refractivity contribution in [1.82, 2.24) is 5.32 Å². The zero-order valence-corrected chi connectivity index (χ0v) is 11.7. The summed E-state index contributed by atoms with van der Waals surface area (Å²) in [5, 5.41) is 2.82. The number of carbonyl (C=O) groups is 1. The van der Waals surface area contributed by atoms with E-state index in [9.17, 15) is 4.79 Å². The van der Waals surface area contributed by atoms with Crippen LogP contribution in [0.2, 0.25) is 0 Å². The largest absolute Gasteiger partial charge is 0.355 e. The molecule has 0 heterocycles. The molecule has 0 aliphatic carbocycles. The van der Waals surface area contributed by atoms with Crippen molar-refractivity contribution in [2.45, 2.75) is 70.8 Å². The maximum atomic E-state index is 11.4. The average Bonchev–Trinajstić information content (AvgIpc) is 2.36. The molecule has 0 saturated carbocycles. The second kappa shape index (κ2) is 12.4. The standard InChI is InChI=1S/C15H28N2O/c1-3-5-6-7-8-9-10-11-13-17-15(18)14(16)12-4-2/h2,14H,3,5-13,16H2,1H3,(H,17,18). The fourth-order valence-electron chi connectivity index (χ4n) is 1.82. The van der Waals surface area contributed by atoms with Crippen molar-refractivity contribution in [2.75, 3.05) is 6.54 Å². The SMILES string of the molecule is C#CCC(N)C(=O)NCCCCCCCCCC. The van der Waals surface area contributed by atoms with Crippen LogP contribution in [-0.2, 0) is 4.79 Å². The quantitative estimate of drug-likeness (QED) is 0.438. The zero-order valence-electron chi connectivity index (χ0n) is 11.7. The number of hydrogen-bond donors (Lipinski definition) is 2. The predicted molar refractivity (Wildman–Crippen MR) is 77.0 cm³/mol. The van der Waals surface area contributed by atoms with Crippen LogP contribution in [0, 0.1) is 12.3 Å². The van der Waals surface area contributed by atoms with Gasteiger partial charge < -0.3 is 11.1 Å². The molecule has 3 heteroatoms. The first kappa shape index (κ1) is 17.0. The van der Waals surface area contributed by atoms with Gasteiger partial charge in [-0.25, -0.2) is 0 Å². The van der Waals surface area contributed by atoms with E-state index in [-0.39, 0.29) is 5.91 Å². The highest BCUT2D eigenvalue weighted by atomic mass is 16.2. The van der Waals surface area contributed by atoms with E-state index in [0.717, 1.165) is 6.42 Å². The highest BCUT2D eigenvalue weighted by Crippen LogP contribution is 2.07. The van der Waals surface area contributed by atoms with Gasteiger partial charge >= 0.3 is 0 Å². The van der Waals surface area contributed by atoms with Crippen LogP contribution in [0.3, 0.4) is 0 Å². The fourth-order valence-corrected chi connectivity index (χ4v) is 1.82. The van der Waals surface area contributed by atoms with Crippen LogP contribution in [0.1, 0.15) is 64.7 Å². The average molecular weight is 252 g/mol. The third kappa shape index (κ3) is 10.2. The van der Waals surface area contributed by atoms with Crippen LogP contribution >= 0.6 is 0 Å². The number of hydrogen-bond acceptors (Lipinski definition) is 2. The lowest BCUT2D eigenvalue weighted by atomic mass is 10.1. The van der Waals surface area contributed by atoms with Crippen LogP contribution in [0.15, 0.2) is 0 Å². The molecule has 18 heavy (non-hydrogen) atoms. The van der Waals surface area contributed by atoms with Gasteiger partial charge in [0, 0.05) is 13.0 Å². The van der Waals surface area contributed by atoms with Crippen molar-refractivity contribution >= 4 is 5.91 Å². The second-order valence-corrected chi connectivity index (χ2v) is 4.78. The van der Waals surface area contributed by atoms with Gasteiger partial charge in [-0.1, -0.05) is 51.9 Å². The number of rotatable bonds is 11. The van der Waals surface area contributed by atoms with Gasteiger partial charge in [-0.15, -0.1) is 12.3 Å². The monoisotopic (exact) mass is 252 g/mol. The number of terminal acetylenes is 1. The first-order valence-corrected chi connectivity index (χ1v) is 7.19. The van der Waals surface area contributed by atoms with Gasteiger partial charge in [-0.05, 0) is 6.42 Å². The van der Waals surface area contributed by atoms with Crippen molar-refractivity contribution in [1.29, 1.82) is 0 Å². The molecule has 1 amide bonds. The molecule has 3 nitrogen and oxygen atoms in total. The minimum absolute atomic E-state index is 0.129. The second-order valence-electron chi connectivity index (χ2n) is 4.78. The summed E-state index contributed by atoms with van der Waals surface area (Å²) in [4.78, 5) is 11.4. The Labute approximate surface area is 112 Å². The molecule has 0 aliphatic heterocycles. The Morgan fingerprint density at radius 3 is 2.28 bits per heavy atom. The minimum atomic E-state index is -0.552.